The van der Waals surface area contributed by atoms with Crippen LogP contribution in [-0.2, 0) is 17.1 Å². The van der Waals surface area contributed by atoms with Gasteiger partial charge in [-0.25, -0.2) is 0 Å². The molecule has 73 valence electrons. The molecule has 0 rings (SSSR count). The molecule has 0 aliphatic carbocycles. The molecule has 0 spiro atoms. The topological polar surface area (TPSA) is 3.24 Å². The normalized spacial score (nSPS) is 9.82. The molecule has 2 heteroatoms. The van der Waals surface area contributed by atoms with Crippen LogP contribution in [0.5, 0.6) is 0 Å². The van der Waals surface area contributed by atoms with Gasteiger partial charge in [-0.1, -0.05) is 20.8 Å². The zero-order valence-corrected chi connectivity index (χ0v) is 8.93. The van der Waals surface area contributed by atoms with Crippen LogP contribution >= 0.6 is 0 Å². The SMILES string of the molecule is CCCN(CCC)CCC.[Cu]. The number of hydrogen-bond donors (Lipinski definition) is 0. The number of hydrogen-bond acceptors (Lipinski definition) is 1. The van der Waals surface area contributed by atoms with Gasteiger partial charge >= 0.3 is 0 Å². The van der Waals surface area contributed by atoms with E-state index >= 15 is 0 Å². The van der Waals surface area contributed by atoms with Gasteiger partial charge in [-0.15, -0.1) is 0 Å². The summed E-state index contributed by atoms with van der Waals surface area (Å²) in [5, 5.41) is 0. The molecular weight excluding hydrogens is 186 g/mol. The second-order valence-electron chi connectivity index (χ2n) is 2.84. The molecule has 0 unspecified atom stereocenters. The predicted octanol–water partition coefficient (Wildman–Crippen LogP) is 2.52. The Kier molecular flexibility index (Phi) is 13.4. The first-order valence-electron chi connectivity index (χ1n) is 4.57. The minimum absolute atomic E-state index is 0. The van der Waals surface area contributed by atoms with E-state index in [9.17, 15) is 0 Å². The van der Waals surface area contributed by atoms with Gasteiger partial charge in [0.15, 0.2) is 0 Å². The third kappa shape index (κ3) is 8.39. The summed E-state index contributed by atoms with van der Waals surface area (Å²) in [6.07, 6.45) is 3.88. The molecule has 0 aliphatic heterocycles. The quantitative estimate of drug-likeness (QED) is 0.604. The summed E-state index contributed by atoms with van der Waals surface area (Å²) in [5.74, 6) is 0. The van der Waals surface area contributed by atoms with Gasteiger partial charge in [-0.3, -0.25) is 0 Å². The standard InChI is InChI=1S/C9H21N.Cu/c1-4-7-10(8-5-2)9-6-3;/h4-9H2,1-3H3;. The third-order valence-electron chi connectivity index (χ3n) is 1.62. The average molecular weight is 207 g/mol. The molecular formula is C9H21CuN. The Balaban J connectivity index is 0. The summed E-state index contributed by atoms with van der Waals surface area (Å²) in [6, 6.07) is 0. The third-order valence-corrected chi connectivity index (χ3v) is 1.62. The monoisotopic (exact) mass is 206 g/mol. The first kappa shape index (κ1) is 14.0. The summed E-state index contributed by atoms with van der Waals surface area (Å²) in [6.45, 7) is 10.6. The first-order chi connectivity index (χ1) is 4.85. The Morgan fingerprint density at radius 1 is 0.727 bits per heavy atom. The zero-order valence-electron chi connectivity index (χ0n) is 7.99. The van der Waals surface area contributed by atoms with Crippen molar-refractivity contribution in [3.05, 3.63) is 0 Å². The Bertz CT molecular complexity index is 52.3. The molecule has 11 heavy (non-hydrogen) atoms. The summed E-state index contributed by atoms with van der Waals surface area (Å²) in [4.78, 5) is 2.54. The largest absolute Gasteiger partial charge is 0.303 e. The molecule has 0 aromatic rings. The van der Waals surface area contributed by atoms with Gasteiger partial charge in [0.05, 0.1) is 0 Å². The molecule has 0 atom stereocenters. The van der Waals surface area contributed by atoms with Crippen molar-refractivity contribution in [3.63, 3.8) is 0 Å². The molecule has 0 heterocycles. The van der Waals surface area contributed by atoms with Crippen LogP contribution in [0.1, 0.15) is 40.0 Å². The maximum Gasteiger partial charge on any atom is 0 e. The van der Waals surface area contributed by atoms with E-state index in [-0.39, 0.29) is 17.1 Å². The molecule has 0 N–H and O–H groups in total. The van der Waals surface area contributed by atoms with Crippen molar-refractivity contribution in [2.75, 3.05) is 19.6 Å². The molecule has 0 aromatic carbocycles. The summed E-state index contributed by atoms with van der Waals surface area (Å²) >= 11 is 0. The van der Waals surface area contributed by atoms with Crippen LogP contribution in [0.3, 0.4) is 0 Å². The Hall–Kier alpha value is 0.479. The second-order valence-corrected chi connectivity index (χ2v) is 2.84. The zero-order chi connectivity index (χ0) is 7.82. The van der Waals surface area contributed by atoms with E-state index in [1.807, 2.05) is 0 Å². The second kappa shape index (κ2) is 10.5. The van der Waals surface area contributed by atoms with Crippen molar-refractivity contribution in [2.24, 2.45) is 0 Å². The predicted molar refractivity (Wildman–Crippen MR) is 47.3 cm³/mol. The molecule has 0 amide bonds. The van der Waals surface area contributed by atoms with E-state index in [4.69, 9.17) is 0 Å². The molecule has 0 saturated heterocycles. The van der Waals surface area contributed by atoms with Gasteiger partial charge in [-0.2, -0.15) is 0 Å². The van der Waals surface area contributed by atoms with E-state index in [1.165, 1.54) is 38.9 Å². The van der Waals surface area contributed by atoms with Crippen LogP contribution in [0.2, 0.25) is 0 Å². The van der Waals surface area contributed by atoms with Crippen molar-refractivity contribution in [1.82, 2.24) is 4.90 Å². The van der Waals surface area contributed by atoms with Gasteiger partial charge < -0.3 is 4.90 Å². The average Bonchev–Trinajstić information content (AvgIpc) is 1.90. The van der Waals surface area contributed by atoms with Gasteiger partial charge in [-0.05, 0) is 38.9 Å². The van der Waals surface area contributed by atoms with Crippen molar-refractivity contribution in [3.8, 4) is 0 Å². The van der Waals surface area contributed by atoms with Crippen molar-refractivity contribution >= 4 is 0 Å². The van der Waals surface area contributed by atoms with Gasteiger partial charge in [0.25, 0.3) is 0 Å². The van der Waals surface area contributed by atoms with E-state index < -0.39 is 0 Å². The smallest absolute Gasteiger partial charge is 0 e. The van der Waals surface area contributed by atoms with E-state index in [1.54, 1.807) is 0 Å². The fourth-order valence-electron chi connectivity index (χ4n) is 1.28. The van der Waals surface area contributed by atoms with Crippen LogP contribution < -0.4 is 0 Å². The fraction of sp³-hybridized carbons (Fsp3) is 1.00. The van der Waals surface area contributed by atoms with Crippen LogP contribution in [0.4, 0.5) is 0 Å². The van der Waals surface area contributed by atoms with Crippen molar-refractivity contribution < 1.29 is 17.1 Å². The summed E-state index contributed by atoms with van der Waals surface area (Å²) < 4.78 is 0. The molecule has 0 bridgehead atoms. The number of nitrogens with zero attached hydrogens (tertiary/aromatic N) is 1. The van der Waals surface area contributed by atoms with Crippen LogP contribution in [0.15, 0.2) is 0 Å². The molecule has 1 nitrogen and oxygen atoms in total. The van der Waals surface area contributed by atoms with Crippen LogP contribution in [0.25, 0.3) is 0 Å². The molecule has 0 saturated carbocycles. The van der Waals surface area contributed by atoms with Crippen LogP contribution in [0, 0.1) is 0 Å². The minimum Gasteiger partial charge on any atom is -0.303 e. The summed E-state index contributed by atoms with van der Waals surface area (Å²) in [7, 11) is 0. The Morgan fingerprint density at radius 3 is 1.18 bits per heavy atom. The van der Waals surface area contributed by atoms with Crippen molar-refractivity contribution in [2.45, 2.75) is 40.0 Å². The summed E-state index contributed by atoms with van der Waals surface area (Å²) in [5.41, 5.74) is 0. The maximum atomic E-state index is 2.54. The van der Waals surface area contributed by atoms with Crippen LogP contribution in [-0.4, -0.2) is 24.5 Å². The van der Waals surface area contributed by atoms with Crippen molar-refractivity contribution in [1.29, 1.82) is 0 Å². The van der Waals surface area contributed by atoms with E-state index in [2.05, 4.69) is 25.7 Å². The Morgan fingerprint density at radius 2 is 1.00 bits per heavy atom. The number of rotatable bonds is 6. The molecule has 0 aromatic heterocycles. The Labute approximate surface area is 82.0 Å². The maximum absolute atomic E-state index is 2.54. The first-order valence-corrected chi connectivity index (χ1v) is 4.57. The molecule has 1 radical (unpaired) electrons. The van der Waals surface area contributed by atoms with E-state index in [0.29, 0.717) is 0 Å². The molecule has 0 fully saturated rings. The van der Waals surface area contributed by atoms with Gasteiger partial charge in [0.2, 0.25) is 0 Å². The van der Waals surface area contributed by atoms with Gasteiger partial charge in [0, 0.05) is 17.1 Å². The van der Waals surface area contributed by atoms with E-state index in [0.717, 1.165) is 0 Å². The fourth-order valence-corrected chi connectivity index (χ4v) is 1.28. The minimum atomic E-state index is 0. The van der Waals surface area contributed by atoms with Gasteiger partial charge in [0.1, 0.15) is 0 Å². The molecule has 0 aliphatic rings.